The predicted octanol–water partition coefficient (Wildman–Crippen LogP) is 2.15. The maximum absolute atomic E-state index is 4.09. The molecule has 0 bridgehead atoms. The van der Waals surface area contributed by atoms with E-state index in [1.165, 1.54) is 5.56 Å². The molecule has 2 aromatic heterocycles. The third-order valence-electron chi connectivity index (χ3n) is 2.55. The molecule has 1 atom stereocenters. The van der Waals surface area contributed by atoms with Gasteiger partial charge in [-0.1, -0.05) is 0 Å². The summed E-state index contributed by atoms with van der Waals surface area (Å²) < 4.78 is 0. The van der Waals surface area contributed by atoms with E-state index in [2.05, 4.69) is 44.2 Å². The van der Waals surface area contributed by atoms with Crippen molar-refractivity contribution in [2.24, 2.45) is 0 Å². The molecular weight excluding hydrogens is 220 g/mol. The summed E-state index contributed by atoms with van der Waals surface area (Å²) in [5, 5.41) is 14.5. The zero-order chi connectivity index (χ0) is 11.2. The fourth-order valence-electron chi connectivity index (χ4n) is 1.56. The molecule has 2 heterocycles. The summed E-state index contributed by atoms with van der Waals surface area (Å²) in [6, 6.07) is 2.60. The summed E-state index contributed by atoms with van der Waals surface area (Å²) in [4.78, 5) is 4.09. The van der Waals surface area contributed by atoms with Gasteiger partial charge in [0.15, 0.2) is 0 Å². The summed E-state index contributed by atoms with van der Waals surface area (Å²) in [6.07, 6.45) is 3.57. The minimum absolute atomic E-state index is 0.431. The van der Waals surface area contributed by atoms with E-state index in [0.29, 0.717) is 6.04 Å². The number of aromatic nitrogens is 3. The largest absolute Gasteiger partial charge is 0.310 e. The van der Waals surface area contributed by atoms with E-state index in [-0.39, 0.29) is 0 Å². The van der Waals surface area contributed by atoms with Gasteiger partial charge < -0.3 is 5.32 Å². The van der Waals surface area contributed by atoms with Gasteiger partial charge in [-0.05, 0) is 42.3 Å². The number of aromatic amines is 1. The number of nitrogens with one attached hydrogen (secondary N) is 2. The maximum Gasteiger partial charge on any atom is 0.137 e. The first kappa shape index (κ1) is 11.3. The Labute approximate surface area is 99.1 Å². The Morgan fingerprint density at radius 2 is 2.50 bits per heavy atom. The molecule has 0 aliphatic carbocycles. The first-order valence-electron chi connectivity index (χ1n) is 5.46. The highest BCUT2D eigenvalue weighted by atomic mass is 32.1. The standard InChI is InChI=1S/C11H16N4S/c1-9(10-4-6-16-7-10)12-5-2-3-11-13-8-14-15-11/h4,6-9,12H,2-3,5H2,1H3,(H,13,14,15). The second kappa shape index (κ2) is 5.77. The third-order valence-corrected chi connectivity index (χ3v) is 3.25. The molecule has 0 fully saturated rings. The van der Waals surface area contributed by atoms with Crippen LogP contribution < -0.4 is 5.32 Å². The Balaban J connectivity index is 1.65. The molecule has 16 heavy (non-hydrogen) atoms. The quantitative estimate of drug-likeness (QED) is 0.756. The van der Waals surface area contributed by atoms with Crippen LogP contribution in [-0.4, -0.2) is 21.7 Å². The first-order chi connectivity index (χ1) is 7.86. The molecule has 0 aliphatic rings. The highest BCUT2D eigenvalue weighted by molar-refractivity contribution is 7.07. The number of hydrogen-bond donors (Lipinski definition) is 2. The van der Waals surface area contributed by atoms with Gasteiger partial charge in [0, 0.05) is 12.5 Å². The van der Waals surface area contributed by atoms with Crippen LogP contribution in [0.15, 0.2) is 23.2 Å². The molecule has 0 aliphatic heterocycles. The minimum Gasteiger partial charge on any atom is -0.310 e. The SMILES string of the molecule is CC(NCCCc1ncn[nH]1)c1ccsc1. The zero-order valence-electron chi connectivity index (χ0n) is 9.31. The average molecular weight is 236 g/mol. The summed E-state index contributed by atoms with van der Waals surface area (Å²) in [5.41, 5.74) is 1.37. The van der Waals surface area contributed by atoms with Crippen LogP contribution in [0.3, 0.4) is 0 Å². The lowest BCUT2D eigenvalue weighted by Gasteiger charge is -2.11. The highest BCUT2D eigenvalue weighted by Gasteiger charge is 2.04. The van der Waals surface area contributed by atoms with Crippen LogP contribution in [-0.2, 0) is 6.42 Å². The van der Waals surface area contributed by atoms with Crippen molar-refractivity contribution in [2.45, 2.75) is 25.8 Å². The fraction of sp³-hybridized carbons (Fsp3) is 0.455. The number of rotatable bonds is 6. The van der Waals surface area contributed by atoms with E-state index in [9.17, 15) is 0 Å². The molecule has 5 heteroatoms. The van der Waals surface area contributed by atoms with Gasteiger partial charge in [0.05, 0.1) is 0 Å². The number of hydrogen-bond acceptors (Lipinski definition) is 4. The summed E-state index contributed by atoms with van der Waals surface area (Å²) in [6.45, 7) is 3.19. The van der Waals surface area contributed by atoms with Gasteiger partial charge in [-0.15, -0.1) is 0 Å². The smallest absolute Gasteiger partial charge is 0.137 e. The second-order valence-corrected chi connectivity index (χ2v) is 4.55. The van der Waals surface area contributed by atoms with E-state index in [4.69, 9.17) is 0 Å². The molecule has 1 unspecified atom stereocenters. The molecule has 4 nitrogen and oxygen atoms in total. The highest BCUT2D eigenvalue weighted by Crippen LogP contribution is 2.15. The number of H-pyrrole nitrogens is 1. The van der Waals surface area contributed by atoms with Gasteiger partial charge in [0.1, 0.15) is 12.2 Å². The molecule has 86 valence electrons. The summed E-state index contributed by atoms with van der Waals surface area (Å²) >= 11 is 1.74. The first-order valence-corrected chi connectivity index (χ1v) is 6.40. The Kier molecular flexibility index (Phi) is 4.07. The fourth-order valence-corrected chi connectivity index (χ4v) is 2.32. The zero-order valence-corrected chi connectivity index (χ0v) is 10.1. The van der Waals surface area contributed by atoms with Crippen molar-refractivity contribution in [3.8, 4) is 0 Å². The van der Waals surface area contributed by atoms with Crippen molar-refractivity contribution in [1.82, 2.24) is 20.5 Å². The summed E-state index contributed by atoms with van der Waals surface area (Å²) in [5.74, 6) is 0.963. The van der Waals surface area contributed by atoms with E-state index in [1.54, 1.807) is 17.7 Å². The Morgan fingerprint density at radius 1 is 1.56 bits per heavy atom. The molecule has 0 saturated heterocycles. The van der Waals surface area contributed by atoms with E-state index in [1.807, 2.05) is 0 Å². The molecule has 0 radical (unpaired) electrons. The Hall–Kier alpha value is -1.20. The molecule has 2 rings (SSSR count). The second-order valence-electron chi connectivity index (χ2n) is 3.77. The van der Waals surface area contributed by atoms with Crippen LogP contribution in [0.4, 0.5) is 0 Å². The monoisotopic (exact) mass is 236 g/mol. The van der Waals surface area contributed by atoms with Gasteiger partial charge in [-0.25, -0.2) is 4.98 Å². The topological polar surface area (TPSA) is 53.6 Å². The van der Waals surface area contributed by atoms with Crippen molar-refractivity contribution >= 4 is 11.3 Å². The average Bonchev–Trinajstić information content (AvgIpc) is 2.96. The van der Waals surface area contributed by atoms with Gasteiger partial charge >= 0.3 is 0 Å². The molecule has 0 amide bonds. The lowest BCUT2D eigenvalue weighted by Crippen LogP contribution is -2.19. The van der Waals surface area contributed by atoms with Crippen molar-refractivity contribution in [3.63, 3.8) is 0 Å². The predicted molar refractivity (Wildman–Crippen MR) is 65.4 cm³/mol. The van der Waals surface area contributed by atoms with Gasteiger partial charge in [-0.2, -0.15) is 16.4 Å². The molecule has 2 N–H and O–H groups in total. The van der Waals surface area contributed by atoms with Crippen LogP contribution in [0.1, 0.15) is 30.8 Å². The van der Waals surface area contributed by atoms with E-state index in [0.717, 1.165) is 25.2 Å². The Morgan fingerprint density at radius 3 is 3.19 bits per heavy atom. The van der Waals surface area contributed by atoms with Crippen molar-refractivity contribution in [1.29, 1.82) is 0 Å². The normalized spacial score (nSPS) is 12.8. The molecule has 0 aromatic carbocycles. The van der Waals surface area contributed by atoms with Crippen LogP contribution in [0.2, 0.25) is 0 Å². The van der Waals surface area contributed by atoms with E-state index < -0.39 is 0 Å². The number of thiophene rings is 1. The summed E-state index contributed by atoms with van der Waals surface area (Å²) in [7, 11) is 0. The van der Waals surface area contributed by atoms with E-state index >= 15 is 0 Å². The van der Waals surface area contributed by atoms with Gasteiger partial charge in [-0.3, -0.25) is 5.10 Å². The van der Waals surface area contributed by atoms with Crippen LogP contribution >= 0.6 is 11.3 Å². The maximum atomic E-state index is 4.09. The molecule has 0 saturated carbocycles. The molecular formula is C11H16N4S. The lowest BCUT2D eigenvalue weighted by atomic mass is 10.2. The number of nitrogens with zero attached hydrogens (tertiary/aromatic N) is 2. The van der Waals surface area contributed by atoms with Crippen molar-refractivity contribution < 1.29 is 0 Å². The van der Waals surface area contributed by atoms with Crippen molar-refractivity contribution in [2.75, 3.05) is 6.54 Å². The molecule has 0 spiro atoms. The lowest BCUT2D eigenvalue weighted by molar-refractivity contribution is 0.555. The molecule has 2 aromatic rings. The van der Waals surface area contributed by atoms with Crippen LogP contribution in [0, 0.1) is 0 Å². The van der Waals surface area contributed by atoms with Gasteiger partial charge in [0.2, 0.25) is 0 Å². The third kappa shape index (κ3) is 3.15. The van der Waals surface area contributed by atoms with Crippen molar-refractivity contribution in [3.05, 3.63) is 34.5 Å². The van der Waals surface area contributed by atoms with Crippen LogP contribution in [0.5, 0.6) is 0 Å². The minimum atomic E-state index is 0.431. The number of aryl methyl sites for hydroxylation is 1. The van der Waals surface area contributed by atoms with Gasteiger partial charge in [0.25, 0.3) is 0 Å². The van der Waals surface area contributed by atoms with Crippen LogP contribution in [0.25, 0.3) is 0 Å². The Bertz CT molecular complexity index is 382.